The van der Waals surface area contributed by atoms with Crippen LogP contribution in [-0.4, -0.2) is 33.2 Å². The smallest absolute Gasteiger partial charge is 0.243 e. The van der Waals surface area contributed by atoms with Gasteiger partial charge in [-0.25, -0.2) is 9.97 Å². The fourth-order valence-corrected chi connectivity index (χ4v) is 3.44. The minimum Gasteiger partial charge on any atom is -0.497 e. The summed E-state index contributed by atoms with van der Waals surface area (Å²) in [5.74, 6) is 0.836. The van der Waals surface area contributed by atoms with E-state index in [0.717, 1.165) is 4.88 Å². The predicted octanol–water partition coefficient (Wildman–Crippen LogP) is 3.43. The molecule has 0 spiro atoms. The first-order valence-electron chi connectivity index (χ1n) is 8.26. The van der Waals surface area contributed by atoms with Crippen molar-refractivity contribution in [2.45, 2.75) is 6.42 Å². The normalized spacial score (nSPS) is 10.8. The largest absolute Gasteiger partial charge is 0.497 e. The molecule has 0 fully saturated rings. The van der Waals surface area contributed by atoms with Crippen LogP contribution in [-0.2, 0) is 11.2 Å². The van der Waals surface area contributed by atoms with Crippen molar-refractivity contribution in [3.8, 4) is 17.1 Å². The summed E-state index contributed by atoms with van der Waals surface area (Å²) in [5.41, 5.74) is 7.73. The Kier molecular flexibility index (Phi) is 5.09. The Bertz CT molecular complexity index is 1130. The maximum Gasteiger partial charge on any atom is 0.243 e. The van der Waals surface area contributed by atoms with Gasteiger partial charge in [-0.05, 0) is 23.6 Å². The van der Waals surface area contributed by atoms with E-state index in [0.29, 0.717) is 39.1 Å². The van der Waals surface area contributed by atoms with Crippen molar-refractivity contribution in [2.24, 2.45) is 0 Å². The molecule has 3 aromatic heterocycles. The molecule has 0 aliphatic rings. The molecule has 0 aliphatic carbocycles. The maximum atomic E-state index is 12.2. The lowest BCUT2D eigenvalue weighted by atomic mass is 10.2. The quantitative estimate of drug-likeness (QED) is 0.417. The SMILES string of the molecule is COc1ccc2nc(NNC(=O)Cc3cccs3)c(-c3cc(Cl)[nH]n3)nc2c1. The number of fused-ring (bicyclic) bond motifs is 1. The average Bonchev–Trinajstić information content (AvgIpc) is 3.37. The molecular weight excluding hydrogens is 400 g/mol. The second kappa shape index (κ2) is 7.83. The third kappa shape index (κ3) is 3.90. The van der Waals surface area contributed by atoms with Gasteiger partial charge in [0, 0.05) is 17.0 Å². The number of H-pyrrole nitrogens is 1. The Morgan fingerprint density at radius 3 is 2.86 bits per heavy atom. The number of anilines is 1. The second-order valence-electron chi connectivity index (χ2n) is 5.81. The van der Waals surface area contributed by atoms with Crippen LogP contribution in [0.2, 0.25) is 5.15 Å². The van der Waals surface area contributed by atoms with Crippen molar-refractivity contribution < 1.29 is 9.53 Å². The first kappa shape index (κ1) is 18.2. The zero-order valence-corrected chi connectivity index (χ0v) is 16.3. The number of nitrogens with zero attached hydrogens (tertiary/aromatic N) is 3. The summed E-state index contributed by atoms with van der Waals surface area (Å²) in [6.45, 7) is 0. The molecule has 4 aromatic rings. The van der Waals surface area contributed by atoms with Gasteiger partial charge >= 0.3 is 0 Å². The first-order chi connectivity index (χ1) is 13.6. The van der Waals surface area contributed by atoms with Crippen LogP contribution in [0.15, 0.2) is 41.8 Å². The van der Waals surface area contributed by atoms with E-state index in [1.165, 1.54) is 11.3 Å². The molecule has 28 heavy (non-hydrogen) atoms. The lowest BCUT2D eigenvalue weighted by Gasteiger charge is -2.12. The molecule has 8 nitrogen and oxygen atoms in total. The van der Waals surface area contributed by atoms with E-state index in [1.807, 2.05) is 17.5 Å². The highest BCUT2D eigenvalue weighted by Crippen LogP contribution is 2.28. The van der Waals surface area contributed by atoms with Crippen LogP contribution >= 0.6 is 22.9 Å². The summed E-state index contributed by atoms with van der Waals surface area (Å²) in [4.78, 5) is 22.4. The molecule has 0 bridgehead atoms. The highest BCUT2D eigenvalue weighted by Gasteiger charge is 2.15. The van der Waals surface area contributed by atoms with Gasteiger partial charge in [0.2, 0.25) is 5.91 Å². The highest BCUT2D eigenvalue weighted by molar-refractivity contribution is 7.10. The molecule has 1 amide bonds. The molecule has 3 heterocycles. The van der Waals surface area contributed by atoms with Gasteiger partial charge in [0.15, 0.2) is 5.82 Å². The Labute approximate surface area is 168 Å². The molecule has 4 rings (SSSR count). The van der Waals surface area contributed by atoms with Crippen molar-refractivity contribution in [1.29, 1.82) is 0 Å². The van der Waals surface area contributed by atoms with Crippen LogP contribution in [0, 0.1) is 0 Å². The van der Waals surface area contributed by atoms with Gasteiger partial charge in [-0.2, -0.15) is 5.10 Å². The van der Waals surface area contributed by atoms with Crippen LogP contribution in [0.5, 0.6) is 5.75 Å². The van der Waals surface area contributed by atoms with Crippen LogP contribution < -0.4 is 15.6 Å². The van der Waals surface area contributed by atoms with Gasteiger partial charge in [0.1, 0.15) is 22.3 Å². The molecule has 0 atom stereocenters. The van der Waals surface area contributed by atoms with Gasteiger partial charge in [-0.15, -0.1) is 11.3 Å². The standard InChI is InChI=1S/C18H15ClN6O2S/c1-27-10-4-5-12-13(7-10)20-17(14-9-15(19)23-22-14)18(21-12)25-24-16(26)8-11-3-2-6-28-11/h2-7,9H,8H2,1H3,(H,21,25)(H,22,23)(H,24,26). The number of carbonyl (C=O) groups is 1. The number of ether oxygens (including phenoxy) is 1. The molecule has 0 radical (unpaired) electrons. The first-order valence-corrected chi connectivity index (χ1v) is 9.52. The van der Waals surface area contributed by atoms with E-state index in [4.69, 9.17) is 16.3 Å². The fourth-order valence-electron chi connectivity index (χ4n) is 2.59. The van der Waals surface area contributed by atoms with E-state index in [9.17, 15) is 4.79 Å². The number of benzene rings is 1. The van der Waals surface area contributed by atoms with Gasteiger partial charge in [-0.1, -0.05) is 17.7 Å². The maximum absolute atomic E-state index is 12.2. The number of aromatic nitrogens is 4. The van der Waals surface area contributed by atoms with Crippen molar-refractivity contribution in [1.82, 2.24) is 25.6 Å². The van der Waals surface area contributed by atoms with E-state index >= 15 is 0 Å². The zero-order valence-electron chi connectivity index (χ0n) is 14.7. The van der Waals surface area contributed by atoms with Crippen LogP contribution in [0.1, 0.15) is 4.88 Å². The molecule has 0 unspecified atom stereocenters. The molecule has 142 valence electrons. The Morgan fingerprint density at radius 2 is 2.14 bits per heavy atom. The third-order valence-corrected chi connectivity index (χ3v) is 4.97. The summed E-state index contributed by atoms with van der Waals surface area (Å²) < 4.78 is 5.25. The highest BCUT2D eigenvalue weighted by atomic mass is 35.5. The predicted molar refractivity (Wildman–Crippen MR) is 108 cm³/mol. The molecule has 3 N–H and O–H groups in total. The van der Waals surface area contributed by atoms with Gasteiger partial charge in [0.25, 0.3) is 0 Å². The minimum atomic E-state index is -0.190. The number of nitrogens with one attached hydrogen (secondary N) is 3. The minimum absolute atomic E-state index is 0.190. The molecule has 1 aromatic carbocycles. The number of thiophene rings is 1. The monoisotopic (exact) mass is 414 g/mol. The second-order valence-corrected chi connectivity index (χ2v) is 7.25. The number of rotatable bonds is 6. The average molecular weight is 415 g/mol. The summed E-state index contributed by atoms with van der Waals surface area (Å²) in [7, 11) is 1.59. The summed E-state index contributed by atoms with van der Waals surface area (Å²) in [6, 6.07) is 10.8. The van der Waals surface area contributed by atoms with Gasteiger partial charge in [0.05, 0.1) is 24.6 Å². The molecule has 0 saturated carbocycles. The lowest BCUT2D eigenvalue weighted by Crippen LogP contribution is -2.31. The molecular formula is C18H15ClN6O2S. The van der Waals surface area contributed by atoms with E-state index in [2.05, 4.69) is 31.0 Å². The Hall–Kier alpha value is -3.17. The number of halogens is 1. The van der Waals surface area contributed by atoms with Crippen molar-refractivity contribution in [3.05, 3.63) is 51.8 Å². The number of amides is 1. The van der Waals surface area contributed by atoms with Crippen molar-refractivity contribution in [2.75, 3.05) is 12.5 Å². The lowest BCUT2D eigenvalue weighted by molar-refractivity contribution is -0.119. The topological polar surface area (TPSA) is 105 Å². The third-order valence-electron chi connectivity index (χ3n) is 3.90. The fraction of sp³-hybridized carbons (Fsp3) is 0.111. The van der Waals surface area contributed by atoms with Crippen molar-refractivity contribution >= 4 is 45.7 Å². The van der Waals surface area contributed by atoms with E-state index < -0.39 is 0 Å². The van der Waals surface area contributed by atoms with Gasteiger partial charge in [-0.3, -0.25) is 20.7 Å². The van der Waals surface area contributed by atoms with Gasteiger partial charge < -0.3 is 4.74 Å². The summed E-state index contributed by atoms with van der Waals surface area (Å²) in [6.07, 6.45) is 0.270. The number of hydrazine groups is 1. The summed E-state index contributed by atoms with van der Waals surface area (Å²) >= 11 is 7.48. The molecule has 10 heteroatoms. The van der Waals surface area contributed by atoms with E-state index in [-0.39, 0.29) is 12.3 Å². The van der Waals surface area contributed by atoms with Crippen LogP contribution in [0.25, 0.3) is 22.4 Å². The number of aromatic amines is 1. The number of hydrogen-bond acceptors (Lipinski definition) is 7. The number of hydrogen-bond donors (Lipinski definition) is 3. The Balaban J connectivity index is 1.65. The molecule has 0 saturated heterocycles. The van der Waals surface area contributed by atoms with E-state index in [1.54, 1.807) is 31.4 Å². The molecule has 0 aliphatic heterocycles. The van der Waals surface area contributed by atoms with Crippen LogP contribution in [0.3, 0.4) is 0 Å². The van der Waals surface area contributed by atoms with Crippen LogP contribution in [0.4, 0.5) is 5.82 Å². The zero-order chi connectivity index (χ0) is 19.5. The summed E-state index contributed by atoms with van der Waals surface area (Å²) in [5, 5.41) is 9.11. The number of carbonyl (C=O) groups excluding carboxylic acids is 1. The Morgan fingerprint density at radius 1 is 1.25 bits per heavy atom. The number of methoxy groups -OCH3 is 1. The van der Waals surface area contributed by atoms with Crippen molar-refractivity contribution in [3.63, 3.8) is 0 Å².